The molecule has 0 aliphatic rings. The Morgan fingerprint density at radius 1 is 0.450 bits per heavy atom. The lowest BCUT2D eigenvalue weighted by Gasteiger charge is -2.20. The van der Waals surface area contributed by atoms with Crippen LogP contribution in [0.2, 0.25) is 0 Å². The van der Waals surface area contributed by atoms with Crippen LogP contribution in [0, 0.1) is 10.4 Å². The highest BCUT2D eigenvalue weighted by molar-refractivity contribution is 6.09. The number of hydrogen-bond donors (Lipinski definition) is 4. The first-order valence-corrected chi connectivity index (χ1v) is 12.7. The molecule has 0 aliphatic heterocycles. The molecule has 0 bridgehead atoms. The van der Waals surface area contributed by atoms with Gasteiger partial charge in [-0.1, -0.05) is 60.7 Å². The molecule has 6 aromatic carbocycles. The quantitative estimate of drug-likeness (QED) is 0.170. The van der Waals surface area contributed by atoms with Crippen LogP contribution in [-0.2, 0) is 0 Å². The summed E-state index contributed by atoms with van der Waals surface area (Å²) in [6.45, 7) is 0. The van der Waals surface area contributed by atoms with Crippen LogP contribution in [-0.4, -0.2) is 0 Å². The Balaban J connectivity index is 1.55. The molecule has 0 spiro atoms. The van der Waals surface area contributed by atoms with Crippen molar-refractivity contribution < 1.29 is 19.8 Å². The normalized spacial score (nSPS) is 12.8. The van der Waals surface area contributed by atoms with Gasteiger partial charge in [-0.2, -0.15) is 11.7 Å². The first-order chi connectivity index (χ1) is 19.5. The molecule has 0 heterocycles. The molecule has 0 amide bonds. The van der Waals surface area contributed by atoms with E-state index in [1.165, 1.54) is 0 Å². The third-order valence-electron chi connectivity index (χ3n) is 6.76. The van der Waals surface area contributed by atoms with Gasteiger partial charge in [-0.05, 0) is 57.9 Å². The number of rotatable bonds is 7. The molecule has 0 radical (unpaired) electrons. The van der Waals surface area contributed by atoms with Gasteiger partial charge in [0.15, 0.2) is 11.4 Å². The summed E-state index contributed by atoms with van der Waals surface area (Å²) in [5, 5.41) is 26.2. The van der Waals surface area contributed by atoms with E-state index in [0.717, 1.165) is 32.7 Å². The number of nitrogens with two attached hydrogens (primary N) is 2. The van der Waals surface area contributed by atoms with Gasteiger partial charge in [0.1, 0.15) is 23.0 Å². The number of ether oxygens (including phenoxy) is 2. The minimum atomic E-state index is -0.501. The van der Waals surface area contributed by atoms with Gasteiger partial charge in [0.25, 0.3) is 0 Å². The highest BCUT2D eigenvalue weighted by Gasteiger charge is 2.20. The molecule has 0 saturated carbocycles. The Labute approximate surface area is 230 Å². The molecule has 0 aliphatic carbocycles. The molecule has 0 aromatic heterocycles. The smallest absolute Gasteiger partial charge is 0.150 e. The molecular formula is C32H26N4O4. The van der Waals surface area contributed by atoms with Gasteiger partial charge in [-0.25, -0.2) is 0 Å². The summed E-state index contributed by atoms with van der Waals surface area (Å²) in [5.41, 5.74) is 2.52. The lowest BCUT2D eigenvalue weighted by molar-refractivity contribution is -0.789. The van der Waals surface area contributed by atoms with Crippen molar-refractivity contribution in [1.82, 2.24) is 0 Å². The largest absolute Gasteiger partial charge is 0.608 e. The Hall–Kier alpha value is -4.80. The first kappa shape index (κ1) is 25.5. The molecule has 8 nitrogen and oxygen atoms in total. The molecule has 6 N–H and O–H groups in total. The molecule has 40 heavy (non-hydrogen) atoms. The minimum absolute atomic E-state index is 0.401. The second-order valence-corrected chi connectivity index (χ2v) is 9.30. The van der Waals surface area contributed by atoms with Gasteiger partial charge in [-0.15, -0.1) is 0 Å². The SMILES string of the molecule is N[NH+]([O-])c1ccc(Oc2ccc3ccccc3c2-c2c(Oc3ccc([NH+](N)[O-])cc3)ccc3ccccc23)cc1. The van der Waals surface area contributed by atoms with E-state index in [-0.39, 0.29) is 0 Å². The fraction of sp³-hybridized carbons (Fsp3) is 0. The summed E-state index contributed by atoms with van der Waals surface area (Å²) in [6, 6.07) is 37.5. The van der Waals surface area contributed by atoms with Crippen molar-refractivity contribution >= 4 is 32.9 Å². The molecular weight excluding hydrogens is 504 g/mol. The third-order valence-corrected chi connectivity index (χ3v) is 6.76. The van der Waals surface area contributed by atoms with E-state index in [2.05, 4.69) is 24.3 Å². The Morgan fingerprint density at radius 3 is 1.20 bits per heavy atom. The van der Waals surface area contributed by atoms with Crippen molar-refractivity contribution in [2.75, 3.05) is 0 Å². The van der Waals surface area contributed by atoms with Crippen LogP contribution in [0.5, 0.6) is 23.0 Å². The standard InChI is InChI=1S/C32H26N4O4/c33-35(37)23-11-15-25(16-12-23)39-29-19-9-21-5-1-3-7-27(21)31(29)32-28-8-4-2-6-22(28)10-20-30(32)40-26-17-13-24(14-18-26)36(34)38/h1-20,35-36H,33-34H2. The zero-order valence-corrected chi connectivity index (χ0v) is 21.3. The highest BCUT2D eigenvalue weighted by atomic mass is 16.5. The predicted molar refractivity (Wildman–Crippen MR) is 156 cm³/mol. The van der Waals surface area contributed by atoms with Crippen molar-refractivity contribution in [2.45, 2.75) is 0 Å². The van der Waals surface area contributed by atoms with Crippen LogP contribution in [0.1, 0.15) is 0 Å². The lowest BCUT2D eigenvalue weighted by Crippen LogP contribution is -3.08. The van der Waals surface area contributed by atoms with Crippen LogP contribution in [0.25, 0.3) is 32.7 Å². The fourth-order valence-electron chi connectivity index (χ4n) is 4.82. The third kappa shape index (κ3) is 4.97. The van der Waals surface area contributed by atoms with Crippen LogP contribution in [0.3, 0.4) is 0 Å². The average molecular weight is 531 g/mol. The summed E-state index contributed by atoms with van der Waals surface area (Å²) in [7, 11) is 0. The maximum Gasteiger partial charge on any atom is 0.150 e. The van der Waals surface area contributed by atoms with Gasteiger partial charge in [0.05, 0.1) is 0 Å². The van der Waals surface area contributed by atoms with Crippen molar-refractivity contribution in [3.05, 3.63) is 132 Å². The van der Waals surface area contributed by atoms with E-state index in [1.54, 1.807) is 48.5 Å². The number of nitrogen functional groups attached to an aromatic ring is 2. The van der Waals surface area contributed by atoms with Gasteiger partial charge >= 0.3 is 0 Å². The Bertz CT molecular complexity index is 1670. The number of benzene rings is 6. The van der Waals surface area contributed by atoms with Crippen molar-refractivity contribution in [1.29, 1.82) is 0 Å². The van der Waals surface area contributed by atoms with Crippen LogP contribution in [0.15, 0.2) is 121 Å². The Kier molecular flexibility index (Phi) is 6.85. The van der Waals surface area contributed by atoms with E-state index in [9.17, 15) is 10.4 Å². The summed E-state index contributed by atoms with van der Waals surface area (Å²) < 4.78 is 12.9. The molecule has 6 aromatic rings. The van der Waals surface area contributed by atoms with Crippen LogP contribution >= 0.6 is 0 Å². The number of hydrogen-bond acceptors (Lipinski definition) is 6. The molecule has 0 fully saturated rings. The fourth-order valence-corrected chi connectivity index (χ4v) is 4.82. The molecule has 2 unspecified atom stereocenters. The second kappa shape index (κ2) is 10.8. The summed E-state index contributed by atoms with van der Waals surface area (Å²) in [4.78, 5) is 0. The zero-order valence-electron chi connectivity index (χ0n) is 21.3. The Morgan fingerprint density at radius 2 is 0.825 bits per heavy atom. The topological polar surface area (TPSA) is 126 Å². The monoisotopic (exact) mass is 530 g/mol. The van der Waals surface area contributed by atoms with Crippen molar-refractivity contribution in [2.24, 2.45) is 11.7 Å². The van der Waals surface area contributed by atoms with Crippen molar-refractivity contribution in [3.8, 4) is 34.1 Å². The van der Waals surface area contributed by atoms with E-state index in [4.69, 9.17) is 21.2 Å². The lowest BCUT2D eigenvalue weighted by atomic mass is 9.92. The number of quaternary nitrogens is 2. The first-order valence-electron chi connectivity index (χ1n) is 12.7. The number of nitrogens with one attached hydrogen (secondary N) is 2. The second-order valence-electron chi connectivity index (χ2n) is 9.30. The van der Waals surface area contributed by atoms with Gasteiger partial charge in [-0.3, -0.25) is 10.3 Å². The van der Waals surface area contributed by atoms with E-state index in [0.29, 0.717) is 34.4 Å². The maximum atomic E-state index is 11.6. The predicted octanol–water partition coefficient (Wildman–Crippen LogP) is 5.02. The number of fused-ring (bicyclic) bond motifs is 2. The summed E-state index contributed by atoms with van der Waals surface area (Å²) in [6.07, 6.45) is 0. The van der Waals surface area contributed by atoms with Crippen LogP contribution in [0.4, 0.5) is 11.4 Å². The molecule has 6 rings (SSSR count). The van der Waals surface area contributed by atoms with Crippen LogP contribution < -0.4 is 31.5 Å². The van der Waals surface area contributed by atoms with Crippen molar-refractivity contribution in [3.63, 3.8) is 0 Å². The molecule has 198 valence electrons. The van der Waals surface area contributed by atoms with E-state index in [1.807, 2.05) is 48.5 Å². The van der Waals surface area contributed by atoms with Gasteiger partial charge < -0.3 is 19.9 Å². The average Bonchev–Trinajstić information content (AvgIpc) is 2.98. The summed E-state index contributed by atoms with van der Waals surface area (Å²) >= 11 is 0. The summed E-state index contributed by atoms with van der Waals surface area (Å²) in [5.74, 6) is 13.2. The minimum Gasteiger partial charge on any atom is -0.608 e. The molecule has 0 saturated heterocycles. The van der Waals surface area contributed by atoms with E-state index >= 15 is 0 Å². The zero-order chi connectivity index (χ0) is 27.6. The van der Waals surface area contributed by atoms with E-state index < -0.39 is 10.3 Å². The molecule has 8 heteroatoms. The highest BCUT2D eigenvalue weighted by Crippen LogP contribution is 2.47. The molecule has 2 atom stereocenters. The maximum absolute atomic E-state index is 11.6. The van der Waals surface area contributed by atoms with Gasteiger partial charge in [0.2, 0.25) is 0 Å². The van der Waals surface area contributed by atoms with Gasteiger partial charge in [0, 0.05) is 35.4 Å².